The van der Waals surface area contributed by atoms with E-state index in [2.05, 4.69) is 4.98 Å². The van der Waals surface area contributed by atoms with Crippen molar-refractivity contribution in [3.8, 4) is 6.07 Å². The molecular weight excluding hydrogens is 244 g/mol. The van der Waals surface area contributed by atoms with E-state index in [0.717, 1.165) is 10.2 Å². The maximum Gasteiger partial charge on any atom is 0.171 e. The Kier molecular flexibility index (Phi) is 3.18. The average Bonchev–Trinajstić information content (AvgIpc) is 2.72. The van der Waals surface area contributed by atoms with Gasteiger partial charge in [0.25, 0.3) is 0 Å². The van der Waals surface area contributed by atoms with Crippen LogP contribution in [0.25, 0.3) is 10.2 Å². The molecule has 1 aromatic carbocycles. The number of carbonyl (C=O) groups is 1. The monoisotopic (exact) mass is 250 g/mol. The fraction of sp³-hybridized carbons (Fsp3) is 0.182. The molecule has 1 atom stereocenters. The van der Waals surface area contributed by atoms with E-state index in [0.29, 0.717) is 5.01 Å². The second kappa shape index (κ2) is 4.60. The van der Waals surface area contributed by atoms with Crippen LogP contribution >= 0.6 is 22.9 Å². The number of thiazole rings is 1. The summed E-state index contributed by atoms with van der Waals surface area (Å²) in [6, 6.07) is 9.48. The molecule has 0 aliphatic rings. The number of fused-ring (bicyclic) bond motifs is 1. The molecule has 1 heterocycles. The molecule has 0 spiro atoms. The number of benzene rings is 1. The molecule has 0 saturated heterocycles. The molecule has 0 bridgehead atoms. The third-order valence-electron chi connectivity index (χ3n) is 2.14. The van der Waals surface area contributed by atoms with Crippen LogP contribution in [0, 0.1) is 11.3 Å². The van der Waals surface area contributed by atoms with Crippen LogP contribution in [0.2, 0.25) is 0 Å². The summed E-state index contributed by atoms with van der Waals surface area (Å²) in [4.78, 5) is 15.7. The Hall–Kier alpha value is -1.44. The molecule has 0 aliphatic carbocycles. The smallest absolute Gasteiger partial charge is 0.171 e. The van der Waals surface area contributed by atoms with Crippen LogP contribution in [0.1, 0.15) is 10.9 Å². The minimum Gasteiger partial charge on any atom is -0.296 e. The van der Waals surface area contributed by atoms with E-state index in [1.807, 2.05) is 30.3 Å². The van der Waals surface area contributed by atoms with Crippen molar-refractivity contribution in [2.75, 3.05) is 5.88 Å². The standard InChI is InChI=1S/C11H7ClN2OS/c12-5-9(15)7(6-13)11-14-8-3-1-2-4-10(8)16-11/h1-4,7H,5H2. The number of Topliss-reactive ketones (excluding diaryl/α,β-unsaturated/α-hetero) is 1. The van der Waals surface area contributed by atoms with Crippen molar-refractivity contribution < 1.29 is 4.79 Å². The highest BCUT2D eigenvalue weighted by Gasteiger charge is 2.22. The number of hydrogen-bond donors (Lipinski definition) is 0. The molecule has 0 amide bonds. The van der Waals surface area contributed by atoms with Crippen LogP contribution < -0.4 is 0 Å². The fourth-order valence-electron chi connectivity index (χ4n) is 1.36. The van der Waals surface area contributed by atoms with Crippen molar-refractivity contribution in [2.24, 2.45) is 0 Å². The molecule has 16 heavy (non-hydrogen) atoms. The maximum atomic E-state index is 11.4. The van der Waals surface area contributed by atoms with Gasteiger partial charge in [0.2, 0.25) is 0 Å². The van der Waals surface area contributed by atoms with Crippen LogP contribution in [0.4, 0.5) is 0 Å². The van der Waals surface area contributed by atoms with Crippen LogP contribution in [0.15, 0.2) is 24.3 Å². The lowest BCUT2D eigenvalue weighted by Crippen LogP contribution is -2.11. The summed E-state index contributed by atoms with van der Waals surface area (Å²) in [7, 11) is 0. The number of ketones is 1. The predicted molar refractivity (Wildman–Crippen MR) is 63.7 cm³/mol. The Morgan fingerprint density at radius 1 is 1.56 bits per heavy atom. The Morgan fingerprint density at radius 2 is 2.31 bits per heavy atom. The third-order valence-corrected chi connectivity index (χ3v) is 3.50. The van der Waals surface area contributed by atoms with Gasteiger partial charge in [-0.15, -0.1) is 22.9 Å². The lowest BCUT2D eigenvalue weighted by Gasteiger charge is -1.99. The summed E-state index contributed by atoms with van der Waals surface area (Å²) >= 11 is 6.81. The molecule has 2 rings (SSSR count). The Bertz CT molecular complexity index is 540. The molecule has 0 aliphatic heterocycles. The van der Waals surface area contributed by atoms with E-state index >= 15 is 0 Å². The molecule has 0 fully saturated rings. The first kappa shape index (κ1) is 11.1. The van der Waals surface area contributed by atoms with Gasteiger partial charge in [-0.3, -0.25) is 4.79 Å². The Balaban J connectivity index is 2.47. The van der Waals surface area contributed by atoms with Crippen molar-refractivity contribution in [2.45, 2.75) is 5.92 Å². The zero-order valence-electron chi connectivity index (χ0n) is 8.18. The van der Waals surface area contributed by atoms with Gasteiger partial charge in [-0.2, -0.15) is 5.26 Å². The Morgan fingerprint density at radius 3 is 2.94 bits per heavy atom. The lowest BCUT2D eigenvalue weighted by atomic mass is 10.1. The van der Waals surface area contributed by atoms with Gasteiger partial charge in [-0.1, -0.05) is 12.1 Å². The number of halogens is 1. The topological polar surface area (TPSA) is 53.8 Å². The van der Waals surface area contributed by atoms with Crippen molar-refractivity contribution in [3.63, 3.8) is 0 Å². The average molecular weight is 251 g/mol. The quantitative estimate of drug-likeness (QED) is 0.787. The summed E-state index contributed by atoms with van der Waals surface area (Å²) in [5.41, 5.74) is 0.810. The van der Waals surface area contributed by atoms with E-state index in [1.165, 1.54) is 11.3 Å². The second-order valence-corrected chi connectivity index (χ2v) is 4.51. The molecule has 1 aromatic heterocycles. The molecule has 2 aromatic rings. The Labute approximate surface area is 101 Å². The summed E-state index contributed by atoms with van der Waals surface area (Å²) in [6.07, 6.45) is 0. The van der Waals surface area contributed by atoms with Crippen molar-refractivity contribution in [1.29, 1.82) is 5.26 Å². The zero-order chi connectivity index (χ0) is 11.5. The normalized spacial score (nSPS) is 12.2. The first-order valence-corrected chi connectivity index (χ1v) is 5.95. The molecule has 3 nitrogen and oxygen atoms in total. The van der Waals surface area contributed by atoms with Gasteiger partial charge in [-0.25, -0.2) is 4.98 Å². The van der Waals surface area contributed by atoms with E-state index in [4.69, 9.17) is 16.9 Å². The number of nitrogens with zero attached hydrogens (tertiary/aromatic N) is 2. The zero-order valence-corrected chi connectivity index (χ0v) is 9.76. The number of hydrogen-bond acceptors (Lipinski definition) is 4. The molecule has 5 heteroatoms. The second-order valence-electron chi connectivity index (χ2n) is 3.18. The predicted octanol–water partition coefficient (Wildman–Crippen LogP) is 2.71. The minimum absolute atomic E-state index is 0.159. The first-order chi connectivity index (χ1) is 7.76. The molecule has 80 valence electrons. The van der Waals surface area contributed by atoms with Gasteiger partial charge in [-0.05, 0) is 12.1 Å². The summed E-state index contributed by atoms with van der Waals surface area (Å²) in [5, 5.41) is 9.47. The third kappa shape index (κ3) is 1.92. The fourth-order valence-corrected chi connectivity index (χ4v) is 2.55. The highest BCUT2D eigenvalue weighted by Crippen LogP contribution is 2.27. The van der Waals surface area contributed by atoms with Crippen molar-refractivity contribution in [3.05, 3.63) is 29.3 Å². The van der Waals surface area contributed by atoms with Crippen LogP contribution in [-0.2, 0) is 4.79 Å². The maximum absolute atomic E-state index is 11.4. The number of rotatable bonds is 3. The number of carbonyl (C=O) groups excluding carboxylic acids is 1. The number of nitriles is 1. The van der Waals surface area contributed by atoms with E-state index < -0.39 is 5.92 Å². The summed E-state index contributed by atoms with van der Waals surface area (Å²) in [5.74, 6) is -1.30. The highest BCUT2D eigenvalue weighted by atomic mass is 35.5. The minimum atomic E-state index is -0.838. The molecular formula is C11H7ClN2OS. The largest absolute Gasteiger partial charge is 0.296 e. The van der Waals surface area contributed by atoms with Gasteiger partial charge in [0.15, 0.2) is 11.7 Å². The summed E-state index contributed by atoms with van der Waals surface area (Å²) in [6.45, 7) is 0. The first-order valence-electron chi connectivity index (χ1n) is 4.60. The van der Waals surface area contributed by atoms with Gasteiger partial charge < -0.3 is 0 Å². The van der Waals surface area contributed by atoms with E-state index in [-0.39, 0.29) is 11.7 Å². The van der Waals surface area contributed by atoms with E-state index in [9.17, 15) is 4.79 Å². The van der Waals surface area contributed by atoms with Gasteiger partial charge in [0.05, 0.1) is 22.2 Å². The van der Waals surface area contributed by atoms with E-state index in [1.54, 1.807) is 0 Å². The molecule has 0 N–H and O–H groups in total. The highest BCUT2D eigenvalue weighted by molar-refractivity contribution is 7.18. The number of aromatic nitrogens is 1. The molecule has 1 unspecified atom stereocenters. The van der Waals surface area contributed by atoms with Crippen LogP contribution in [0.5, 0.6) is 0 Å². The summed E-state index contributed by atoms with van der Waals surface area (Å²) < 4.78 is 0.972. The number of alkyl halides is 1. The van der Waals surface area contributed by atoms with Crippen molar-refractivity contribution >= 4 is 38.9 Å². The number of para-hydroxylation sites is 1. The van der Waals surface area contributed by atoms with Crippen LogP contribution in [-0.4, -0.2) is 16.6 Å². The lowest BCUT2D eigenvalue weighted by molar-refractivity contribution is -0.117. The van der Waals surface area contributed by atoms with Gasteiger partial charge in [0, 0.05) is 0 Å². The van der Waals surface area contributed by atoms with Crippen molar-refractivity contribution in [1.82, 2.24) is 4.98 Å². The SMILES string of the molecule is N#CC(C(=O)CCl)c1nc2ccccc2s1. The van der Waals surface area contributed by atoms with Gasteiger partial charge >= 0.3 is 0 Å². The van der Waals surface area contributed by atoms with Crippen LogP contribution in [0.3, 0.4) is 0 Å². The molecule has 0 radical (unpaired) electrons. The molecule has 0 saturated carbocycles. The van der Waals surface area contributed by atoms with Gasteiger partial charge in [0.1, 0.15) is 5.01 Å².